The van der Waals surface area contributed by atoms with E-state index in [1.807, 2.05) is 0 Å². The van der Waals surface area contributed by atoms with E-state index in [-0.39, 0.29) is 38.3 Å². The molecule has 14 nitrogen and oxygen atoms in total. The monoisotopic (exact) mass is 318 g/mol. The van der Waals surface area contributed by atoms with Crippen molar-refractivity contribution in [2.24, 2.45) is 0 Å². The maximum absolute atomic E-state index is 10.3. The van der Waals surface area contributed by atoms with Crippen molar-refractivity contribution >= 4 is 17.9 Å². The van der Waals surface area contributed by atoms with Gasteiger partial charge in [-0.15, -0.1) is 0 Å². The highest BCUT2D eigenvalue weighted by atomic mass is 16.4. The molecule has 20 heavy (non-hydrogen) atoms. The van der Waals surface area contributed by atoms with Crippen molar-refractivity contribution in [3.05, 3.63) is 0 Å². The van der Waals surface area contributed by atoms with Crippen LogP contribution in [-0.2, 0) is 14.4 Å². The summed E-state index contributed by atoms with van der Waals surface area (Å²) >= 11 is 0. The summed E-state index contributed by atoms with van der Waals surface area (Å²) in [4.78, 5) is 30.5. The van der Waals surface area contributed by atoms with Crippen molar-refractivity contribution in [3.63, 3.8) is 0 Å². The van der Waals surface area contributed by atoms with Gasteiger partial charge in [-0.25, -0.2) is 4.79 Å². The maximum Gasteiger partial charge on any atom is 0.336 e. The quantitative estimate of drug-likeness (QED) is 0.378. The van der Waals surface area contributed by atoms with Crippen LogP contribution < -0.4 is 0 Å². The molecular formula is C6H22O14. The van der Waals surface area contributed by atoms with Crippen LogP contribution in [0.4, 0.5) is 0 Å². The average molecular weight is 318 g/mol. The van der Waals surface area contributed by atoms with Gasteiger partial charge in [0.05, 0.1) is 12.8 Å². The van der Waals surface area contributed by atoms with E-state index in [0.29, 0.717) is 0 Å². The van der Waals surface area contributed by atoms with E-state index in [4.69, 9.17) is 20.4 Å². The second kappa shape index (κ2) is 19.4. The predicted octanol–water partition coefficient (Wildman–Crippen LogP) is -7.02. The number of carboxylic acids is 3. The van der Waals surface area contributed by atoms with Gasteiger partial charge >= 0.3 is 17.9 Å². The summed E-state index contributed by atoms with van der Waals surface area (Å²) in [6, 6.07) is 0. The molecule has 0 rings (SSSR count). The van der Waals surface area contributed by atoms with E-state index >= 15 is 0 Å². The topological polar surface area (TPSA) is 353 Å². The number of hydrogen-bond donors (Lipinski definition) is 4. The number of aliphatic hydroxyl groups is 1. The van der Waals surface area contributed by atoms with Gasteiger partial charge in [-0.3, -0.25) is 9.59 Å². The van der Waals surface area contributed by atoms with Crippen molar-refractivity contribution in [2.75, 3.05) is 0 Å². The molecule has 14 heteroatoms. The number of rotatable bonds is 5. The molecule has 0 saturated heterocycles. The van der Waals surface area contributed by atoms with Gasteiger partial charge in [-0.1, -0.05) is 0 Å². The molecule has 0 heterocycles. The van der Waals surface area contributed by atoms with Gasteiger partial charge in [-0.05, 0) is 0 Å². The molecule has 0 saturated carbocycles. The Bertz CT molecular complexity index is 232. The molecule has 0 aliphatic rings. The van der Waals surface area contributed by atoms with Crippen LogP contribution in [0.5, 0.6) is 0 Å². The van der Waals surface area contributed by atoms with Crippen LogP contribution in [0.1, 0.15) is 12.8 Å². The summed E-state index contributed by atoms with van der Waals surface area (Å²) in [7, 11) is 0. The Morgan fingerprint density at radius 3 is 0.950 bits per heavy atom. The minimum absolute atomic E-state index is 0. The van der Waals surface area contributed by atoms with Crippen LogP contribution in [0, 0.1) is 0 Å². The first-order valence-corrected chi connectivity index (χ1v) is 3.17. The van der Waals surface area contributed by atoms with E-state index in [2.05, 4.69) is 0 Å². The van der Waals surface area contributed by atoms with Crippen LogP contribution in [0.25, 0.3) is 0 Å². The number of carbonyl (C=O) groups is 3. The number of aliphatic carboxylic acids is 3. The summed E-state index contributed by atoms with van der Waals surface area (Å²) in [6.45, 7) is 0. The Labute approximate surface area is 111 Å². The van der Waals surface area contributed by atoms with Gasteiger partial charge in [-0.2, -0.15) is 0 Å². The molecule has 0 spiro atoms. The van der Waals surface area contributed by atoms with Crippen molar-refractivity contribution in [1.29, 1.82) is 0 Å². The highest BCUT2D eigenvalue weighted by molar-refractivity contribution is 5.88. The lowest BCUT2D eigenvalue weighted by Crippen LogP contribution is -2.42. The van der Waals surface area contributed by atoms with E-state index in [9.17, 15) is 14.4 Å². The van der Waals surface area contributed by atoms with Crippen LogP contribution in [0.2, 0.25) is 0 Å². The summed E-state index contributed by atoms with van der Waals surface area (Å²) in [5.41, 5.74) is -2.74. The smallest absolute Gasteiger partial charge is 0.336 e. The third-order valence-corrected chi connectivity index (χ3v) is 1.29. The molecule has 18 N–H and O–H groups in total. The second-order valence-electron chi connectivity index (χ2n) is 2.48. The first-order valence-electron chi connectivity index (χ1n) is 3.17. The third kappa shape index (κ3) is 18.5. The van der Waals surface area contributed by atoms with Crippen molar-refractivity contribution in [2.45, 2.75) is 18.4 Å². The zero-order valence-corrected chi connectivity index (χ0v) is 9.93. The number of carboxylic acid groups (broad SMARTS) is 3. The number of hydrogen-bond acceptors (Lipinski definition) is 4. The zero-order valence-electron chi connectivity index (χ0n) is 9.93. The van der Waals surface area contributed by atoms with E-state index in [0.717, 1.165) is 0 Å². The van der Waals surface area contributed by atoms with Crippen LogP contribution in [0.15, 0.2) is 0 Å². The standard InChI is InChI=1S/C6H8O7.7H2O/c7-3(8)1-6(13,5(11)12)2-4(9)10;;;;;;;/h13H,1-2H2,(H,7,8)(H,9,10)(H,11,12);7*1H2. The lowest BCUT2D eigenvalue weighted by Gasteiger charge is -2.18. The SMILES string of the molecule is O.O.O.O.O.O.O.O=C(O)CC(O)(CC(=O)O)C(=O)O. The molecule has 0 aromatic heterocycles. The fourth-order valence-electron chi connectivity index (χ4n) is 0.714. The molecule has 0 aliphatic carbocycles. The molecule has 0 amide bonds. The summed E-state index contributed by atoms with van der Waals surface area (Å²) in [5.74, 6) is -5.02. The normalized spacial score (nSPS) is 7.05. The molecule has 0 atom stereocenters. The van der Waals surface area contributed by atoms with E-state index in [1.54, 1.807) is 0 Å². The summed E-state index contributed by atoms with van der Waals surface area (Å²) in [5, 5.41) is 33.8. The Balaban J connectivity index is -0.0000000343. The Hall–Kier alpha value is -1.91. The van der Waals surface area contributed by atoms with Gasteiger partial charge in [0.15, 0.2) is 5.60 Å². The lowest BCUT2D eigenvalue weighted by molar-refractivity contribution is -0.170. The minimum atomic E-state index is -2.74. The summed E-state index contributed by atoms with van der Waals surface area (Å²) < 4.78 is 0. The molecule has 0 radical (unpaired) electrons. The molecular weight excluding hydrogens is 296 g/mol. The molecule has 0 aromatic carbocycles. The van der Waals surface area contributed by atoms with Gasteiger partial charge in [0.25, 0.3) is 0 Å². The van der Waals surface area contributed by atoms with Crippen molar-refractivity contribution in [1.82, 2.24) is 0 Å². The van der Waals surface area contributed by atoms with Crippen molar-refractivity contribution < 1.29 is 73.1 Å². The highest BCUT2D eigenvalue weighted by Gasteiger charge is 2.40. The molecule has 0 unspecified atom stereocenters. The average Bonchev–Trinajstić information content (AvgIpc) is 1.82. The van der Waals surface area contributed by atoms with E-state index in [1.165, 1.54) is 0 Å². The second-order valence-corrected chi connectivity index (χ2v) is 2.48. The Morgan fingerprint density at radius 1 is 0.650 bits per heavy atom. The molecule has 0 fully saturated rings. The fourth-order valence-corrected chi connectivity index (χ4v) is 0.714. The largest absolute Gasteiger partial charge is 0.481 e. The molecule has 130 valence electrons. The summed E-state index contributed by atoms with van der Waals surface area (Å²) in [6.07, 6.45) is -2.29. The maximum atomic E-state index is 10.3. The van der Waals surface area contributed by atoms with Crippen LogP contribution in [-0.4, -0.2) is 82.3 Å². The molecule has 0 aliphatic heterocycles. The first kappa shape index (κ1) is 51.9. The van der Waals surface area contributed by atoms with Gasteiger partial charge in [0.1, 0.15) is 0 Å². The molecule has 0 bridgehead atoms. The Morgan fingerprint density at radius 2 is 0.850 bits per heavy atom. The van der Waals surface area contributed by atoms with Gasteiger partial charge < -0.3 is 58.8 Å². The van der Waals surface area contributed by atoms with Gasteiger partial charge in [0, 0.05) is 0 Å². The lowest BCUT2D eigenvalue weighted by atomic mass is 9.96. The fraction of sp³-hybridized carbons (Fsp3) is 0.500. The van der Waals surface area contributed by atoms with Crippen LogP contribution in [0.3, 0.4) is 0 Å². The zero-order chi connectivity index (χ0) is 10.6. The van der Waals surface area contributed by atoms with Gasteiger partial charge in [0.2, 0.25) is 0 Å². The predicted molar refractivity (Wildman–Crippen MR) is 62.4 cm³/mol. The Kier molecular flexibility index (Phi) is 50.4. The molecule has 0 aromatic rings. The van der Waals surface area contributed by atoms with E-state index < -0.39 is 36.4 Å². The van der Waals surface area contributed by atoms with Crippen LogP contribution >= 0.6 is 0 Å². The minimum Gasteiger partial charge on any atom is -0.481 e. The van der Waals surface area contributed by atoms with Crippen molar-refractivity contribution in [3.8, 4) is 0 Å². The first-order chi connectivity index (χ1) is 5.78. The highest BCUT2D eigenvalue weighted by Crippen LogP contribution is 2.15. The third-order valence-electron chi connectivity index (χ3n) is 1.29.